The van der Waals surface area contributed by atoms with E-state index in [2.05, 4.69) is 6.58 Å². The Morgan fingerprint density at radius 1 is 1.75 bits per heavy atom. The second-order valence-electron chi connectivity index (χ2n) is 1.68. The number of Topliss-reactive ketones (excluding diaryl/α,β-unsaturated/α-hetero) is 1. The molecule has 0 spiro atoms. The molecule has 0 aromatic heterocycles. The van der Waals surface area contributed by atoms with E-state index in [4.69, 9.17) is 5.11 Å². The van der Waals surface area contributed by atoms with Gasteiger partial charge in [-0.2, -0.15) is 0 Å². The number of aliphatic hydroxyl groups is 1. The van der Waals surface area contributed by atoms with E-state index in [-0.39, 0.29) is 18.8 Å². The Hall–Kier alpha value is -0.630. The maximum atomic E-state index is 10.5. The molecule has 0 saturated carbocycles. The molecule has 0 amide bonds. The molecule has 46 valence electrons. The number of hydrogen-bond donors (Lipinski definition) is 1. The van der Waals surface area contributed by atoms with Gasteiger partial charge in [0.15, 0.2) is 5.78 Å². The van der Waals surface area contributed by atoms with Gasteiger partial charge in [0.2, 0.25) is 0 Å². The highest BCUT2D eigenvalue weighted by atomic mass is 16.3. The summed E-state index contributed by atoms with van der Waals surface area (Å²) in [5.41, 5.74) is 0.513. The molecule has 8 heavy (non-hydrogen) atoms. The van der Waals surface area contributed by atoms with Crippen LogP contribution >= 0.6 is 0 Å². The SMILES string of the molecule is C=C(C)C(=O)CCO. The predicted octanol–water partition coefficient (Wildman–Crippen LogP) is 0.514. The van der Waals surface area contributed by atoms with E-state index in [1.54, 1.807) is 6.92 Å². The van der Waals surface area contributed by atoms with E-state index in [1.807, 2.05) is 0 Å². The molecule has 1 N–H and O–H groups in total. The minimum Gasteiger partial charge on any atom is -0.396 e. The highest BCUT2D eigenvalue weighted by molar-refractivity contribution is 5.94. The van der Waals surface area contributed by atoms with Gasteiger partial charge in [-0.1, -0.05) is 6.58 Å². The van der Waals surface area contributed by atoms with E-state index < -0.39 is 0 Å². The predicted molar refractivity (Wildman–Crippen MR) is 31.5 cm³/mol. The number of aliphatic hydroxyl groups excluding tert-OH is 1. The summed E-state index contributed by atoms with van der Waals surface area (Å²) < 4.78 is 0. The van der Waals surface area contributed by atoms with Crippen molar-refractivity contribution in [3.05, 3.63) is 12.2 Å². The minimum absolute atomic E-state index is 0.0625. The highest BCUT2D eigenvalue weighted by Crippen LogP contribution is 1.92. The second-order valence-corrected chi connectivity index (χ2v) is 1.68. The first-order valence-corrected chi connectivity index (χ1v) is 2.48. The van der Waals surface area contributed by atoms with Crippen molar-refractivity contribution in [2.75, 3.05) is 6.61 Å². The first-order chi connectivity index (χ1) is 3.68. The number of carbonyl (C=O) groups is 1. The van der Waals surface area contributed by atoms with Crippen molar-refractivity contribution < 1.29 is 9.90 Å². The van der Waals surface area contributed by atoms with Crippen molar-refractivity contribution in [2.45, 2.75) is 13.3 Å². The summed E-state index contributed by atoms with van der Waals surface area (Å²) in [5.74, 6) is -0.0625. The zero-order valence-corrected chi connectivity index (χ0v) is 4.98. The average Bonchev–Trinajstić information content (AvgIpc) is 1.67. The van der Waals surface area contributed by atoms with Crippen LogP contribution in [0.5, 0.6) is 0 Å². The fourth-order valence-corrected chi connectivity index (χ4v) is 0.315. The molecule has 0 rings (SSSR count). The van der Waals surface area contributed by atoms with Gasteiger partial charge in [-0.3, -0.25) is 4.79 Å². The fourth-order valence-electron chi connectivity index (χ4n) is 0.315. The zero-order valence-electron chi connectivity index (χ0n) is 4.98. The first-order valence-electron chi connectivity index (χ1n) is 2.48. The number of ketones is 1. The molecule has 2 heteroatoms. The van der Waals surface area contributed by atoms with E-state index >= 15 is 0 Å². The summed E-state index contributed by atoms with van der Waals surface area (Å²) in [6, 6.07) is 0. The molecule has 0 unspecified atom stereocenters. The Labute approximate surface area is 48.8 Å². The molecule has 0 aliphatic rings. The lowest BCUT2D eigenvalue weighted by Gasteiger charge is -1.91. The van der Waals surface area contributed by atoms with E-state index in [9.17, 15) is 4.79 Å². The molecular formula is C6H10O2. The van der Waals surface area contributed by atoms with E-state index in [0.717, 1.165) is 0 Å². The van der Waals surface area contributed by atoms with Gasteiger partial charge in [0.25, 0.3) is 0 Å². The van der Waals surface area contributed by atoms with Crippen molar-refractivity contribution in [1.29, 1.82) is 0 Å². The normalized spacial score (nSPS) is 8.75. The summed E-state index contributed by atoms with van der Waals surface area (Å²) >= 11 is 0. The summed E-state index contributed by atoms with van der Waals surface area (Å²) in [5, 5.41) is 8.22. The molecule has 0 aromatic rings. The molecule has 0 bridgehead atoms. The van der Waals surface area contributed by atoms with Gasteiger partial charge in [-0.05, 0) is 12.5 Å². The Morgan fingerprint density at radius 2 is 2.25 bits per heavy atom. The Morgan fingerprint density at radius 3 is 2.38 bits per heavy atom. The van der Waals surface area contributed by atoms with Crippen LogP contribution in [0, 0.1) is 0 Å². The molecule has 0 aromatic carbocycles. The molecule has 0 aliphatic carbocycles. The number of rotatable bonds is 3. The van der Waals surface area contributed by atoms with Crippen molar-refractivity contribution in [1.82, 2.24) is 0 Å². The number of allylic oxidation sites excluding steroid dienone is 1. The van der Waals surface area contributed by atoms with E-state index in [1.165, 1.54) is 0 Å². The average molecular weight is 114 g/mol. The van der Waals surface area contributed by atoms with Crippen LogP contribution in [0.1, 0.15) is 13.3 Å². The van der Waals surface area contributed by atoms with Gasteiger partial charge in [0.1, 0.15) is 0 Å². The largest absolute Gasteiger partial charge is 0.396 e. The third kappa shape index (κ3) is 2.53. The van der Waals surface area contributed by atoms with Crippen LogP contribution in [0.4, 0.5) is 0 Å². The smallest absolute Gasteiger partial charge is 0.160 e. The molecule has 0 atom stereocenters. The lowest BCUT2D eigenvalue weighted by Crippen LogP contribution is -2.00. The van der Waals surface area contributed by atoms with Crippen LogP contribution in [0.3, 0.4) is 0 Å². The Kier molecular flexibility index (Phi) is 3.12. The molecular weight excluding hydrogens is 104 g/mol. The van der Waals surface area contributed by atoms with Crippen molar-refractivity contribution in [3.63, 3.8) is 0 Å². The lowest BCUT2D eigenvalue weighted by atomic mass is 10.2. The van der Waals surface area contributed by atoms with Crippen LogP contribution in [-0.2, 0) is 4.79 Å². The minimum atomic E-state index is -0.0777. The third-order valence-electron chi connectivity index (χ3n) is 0.815. The number of carbonyl (C=O) groups excluding carboxylic acids is 1. The zero-order chi connectivity index (χ0) is 6.57. The van der Waals surface area contributed by atoms with Gasteiger partial charge >= 0.3 is 0 Å². The van der Waals surface area contributed by atoms with Gasteiger partial charge in [-0.25, -0.2) is 0 Å². The van der Waals surface area contributed by atoms with Gasteiger partial charge in [-0.15, -0.1) is 0 Å². The van der Waals surface area contributed by atoms with E-state index in [0.29, 0.717) is 5.57 Å². The van der Waals surface area contributed by atoms with Crippen molar-refractivity contribution in [2.24, 2.45) is 0 Å². The third-order valence-corrected chi connectivity index (χ3v) is 0.815. The van der Waals surface area contributed by atoms with Gasteiger partial charge in [0.05, 0.1) is 6.61 Å². The van der Waals surface area contributed by atoms with Crippen LogP contribution in [-0.4, -0.2) is 17.5 Å². The fraction of sp³-hybridized carbons (Fsp3) is 0.500. The molecule has 2 nitrogen and oxygen atoms in total. The van der Waals surface area contributed by atoms with Crippen molar-refractivity contribution in [3.8, 4) is 0 Å². The van der Waals surface area contributed by atoms with Crippen LogP contribution in [0.15, 0.2) is 12.2 Å². The topological polar surface area (TPSA) is 37.3 Å². The molecule has 0 radical (unpaired) electrons. The molecule has 0 aliphatic heterocycles. The monoisotopic (exact) mass is 114 g/mol. The summed E-state index contributed by atoms with van der Waals surface area (Å²) in [6.07, 6.45) is 0.204. The number of hydrogen-bond acceptors (Lipinski definition) is 2. The molecule has 0 fully saturated rings. The highest BCUT2D eigenvalue weighted by Gasteiger charge is 1.97. The van der Waals surface area contributed by atoms with Crippen LogP contribution in [0.25, 0.3) is 0 Å². The summed E-state index contributed by atoms with van der Waals surface area (Å²) in [7, 11) is 0. The maximum absolute atomic E-state index is 10.5. The van der Waals surface area contributed by atoms with Gasteiger partial charge in [0, 0.05) is 6.42 Å². The van der Waals surface area contributed by atoms with Gasteiger partial charge < -0.3 is 5.11 Å². The summed E-state index contributed by atoms with van der Waals surface area (Å²) in [4.78, 5) is 10.5. The Bertz CT molecular complexity index is 105. The van der Waals surface area contributed by atoms with Crippen LogP contribution < -0.4 is 0 Å². The summed E-state index contributed by atoms with van der Waals surface area (Å²) in [6.45, 7) is 4.97. The lowest BCUT2D eigenvalue weighted by molar-refractivity contribution is -0.116. The van der Waals surface area contributed by atoms with Crippen LogP contribution in [0.2, 0.25) is 0 Å². The second kappa shape index (κ2) is 3.38. The Balaban J connectivity index is 3.49. The standard InChI is InChI=1S/C6H10O2/c1-5(2)6(8)3-4-7/h7H,1,3-4H2,2H3. The molecule has 0 heterocycles. The first kappa shape index (κ1) is 7.37. The molecule has 0 saturated heterocycles. The quantitative estimate of drug-likeness (QED) is 0.543. The van der Waals surface area contributed by atoms with Crippen molar-refractivity contribution >= 4 is 5.78 Å². The maximum Gasteiger partial charge on any atom is 0.160 e.